The Balaban J connectivity index is 2.03. The standard InChI is InChI=1S/C15H20N2O3/c1-10-5-6-12(16)9-13(10)15(19)20-11(2)14(18)17-7-3-4-8-17/h5-6,9,11H,3-4,7-8,16H2,1-2H3. The number of nitrogen functional groups attached to an aromatic ring is 1. The highest BCUT2D eigenvalue weighted by Gasteiger charge is 2.26. The number of benzene rings is 1. The summed E-state index contributed by atoms with van der Waals surface area (Å²) in [4.78, 5) is 25.9. The molecule has 0 aromatic heterocycles. The van der Waals surface area contributed by atoms with Gasteiger partial charge in [-0.2, -0.15) is 0 Å². The number of amides is 1. The highest BCUT2D eigenvalue weighted by Crippen LogP contribution is 2.16. The molecule has 2 N–H and O–H groups in total. The number of rotatable bonds is 3. The molecule has 5 heteroatoms. The molecule has 1 amide bonds. The molecule has 1 aromatic rings. The summed E-state index contributed by atoms with van der Waals surface area (Å²) in [5.74, 6) is -0.632. The maximum absolute atomic E-state index is 12.1. The summed E-state index contributed by atoms with van der Waals surface area (Å²) in [5.41, 5.74) is 7.36. The van der Waals surface area contributed by atoms with Crippen molar-refractivity contribution in [3.05, 3.63) is 29.3 Å². The van der Waals surface area contributed by atoms with Crippen LogP contribution < -0.4 is 5.73 Å². The first-order valence-electron chi connectivity index (χ1n) is 6.85. The number of hydrogen-bond acceptors (Lipinski definition) is 4. The molecule has 5 nitrogen and oxygen atoms in total. The SMILES string of the molecule is Cc1ccc(N)cc1C(=O)OC(C)C(=O)N1CCCC1. The molecule has 2 rings (SSSR count). The van der Waals surface area contributed by atoms with Crippen LogP contribution in [0.25, 0.3) is 0 Å². The van der Waals surface area contributed by atoms with Crippen molar-refractivity contribution in [1.29, 1.82) is 0 Å². The van der Waals surface area contributed by atoms with Gasteiger partial charge >= 0.3 is 5.97 Å². The third kappa shape index (κ3) is 3.10. The average Bonchev–Trinajstić information content (AvgIpc) is 2.94. The first-order chi connectivity index (χ1) is 9.49. The minimum absolute atomic E-state index is 0.127. The Morgan fingerprint density at radius 3 is 2.60 bits per heavy atom. The Morgan fingerprint density at radius 2 is 1.95 bits per heavy atom. The van der Waals surface area contributed by atoms with Gasteiger partial charge in [-0.1, -0.05) is 6.07 Å². The summed E-state index contributed by atoms with van der Waals surface area (Å²) >= 11 is 0. The number of aryl methyl sites for hydroxylation is 1. The van der Waals surface area contributed by atoms with E-state index in [1.165, 1.54) is 0 Å². The molecule has 1 saturated heterocycles. The number of nitrogens with zero attached hydrogens (tertiary/aromatic N) is 1. The van der Waals surface area contributed by atoms with E-state index in [0.29, 0.717) is 11.3 Å². The maximum atomic E-state index is 12.1. The fraction of sp³-hybridized carbons (Fsp3) is 0.467. The van der Waals surface area contributed by atoms with Crippen molar-refractivity contribution < 1.29 is 14.3 Å². The van der Waals surface area contributed by atoms with Crippen LogP contribution in [-0.4, -0.2) is 36.0 Å². The van der Waals surface area contributed by atoms with Gasteiger partial charge in [0.1, 0.15) is 0 Å². The molecule has 0 spiro atoms. The third-order valence-electron chi connectivity index (χ3n) is 3.53. The smallest absolute Gasteiger partial charge is 0.339 e. The second-order valence-electron chi connectivity index (χ2n) is 5.15. The van der Waals surface area contributed by atoms with Gasteiger partial charge in [0, 0.05) is 18.8 Å². The van der Waals surface area contributed by atoms with E-state index in [0.717, 1.165) is 31.5 Å². The van der Waals surface area contributed by atoms with E-state index < -0.39 is 12.1 Å². The molecular formula is C15H20N2O3. The van der Waals surface area contributed by atoms with Crippen LogP contribution in [0.2, 0.25) is 0 Å². The monoisotopic (exact) mass is 276 g/mol. The zero-order valence-electron chi connectivity index (χ0n) is 11.9. The molecule has 0 bridgehead atoms. The lowest BCUT2D eigenvalue weighted by Crippen LogP contribution is -2.38. The quantitative estimate of drug-likeness (QED) is 0.674. The van der Waals surface area contributed by atoms with Gasteiger partial charge in [0.2, 0.25) is 0 Å². The third-order valence-corrected chi connectivity index (χ3v) is 3.53. The largest absolute Gasteiger partial charge is 0.449 e. The molecule has 1 heterocycles. The number of likely N-dealkylation sites (tertiary alicyclic amines) is 1. The van der Waals surface area contributed by atoms with Crippen molar-refractivity contribution in [2.45, 2.75) is 32.8 Å². The normalized spacial score (nSPS) is 16.0. The Morgan fingerprint density at radius 1 is 1.30 bits per heavy atom. The molecular weight excluding hydrogens is 256 g/mol. The summed E-state index contributed by atoms with van der Waals surface area (Å²) in [6.07, 6.45) is 1.27. The highest BCUT2D eigenvalue weighted by atomic mass is 16.5. The fourth-order valence-electron chi connectivity index (χ4n) is 2.33. The molecule has 1 atom stereocenters. The van der Waals surface area contributed by atoms with Crippen LogP contribution in [0.4, 0.5) is 5.69 Å². The van der Waals surface area contributed by atoms with Crippen LogP contribution in [0.15, 0.2) is 18.2 Å². The number of carbonyl (C=O) groups is 2. The second kappa shape index (κ2) is 5.94. The maximum Gasteiger partial charge on any atom is 0.339 e. The number of nitrogens with two attached hydrogens (primary N) is 1. The van der Waals surface area contributed by atoms with E-state index in [1.54, 1.807) is 30.0 Å². The highest BCUT2D eigenvalue weighted by molar-refractivity contribution is 5.94. The van der Waals surface area contributed by atoms with Crippen molar-refractivity contribution in [3.8, 4) is 0 Å². The Labute approximate surface area is 118 Å². The Hall–Kier alpha value is -2.04. The van der Waals surface area contributed by atoms with E-state index in [1.807, 2.05) is 6.92 Å². The Kier molecular flexibility index (Phi) is 4.27. The van der Waals surface area contributed by atoms with Gasteiger partial charge in [0.15, 0.2) is 6.10 Å². The number of ether oxygens (including phenoxy) is 1. The number of anilines is 1. The van der Waals surface area contributed by atoms with Crippen molar-refractivity contribution in [2.24, 2.45) is 0 Å². The fourth-order valence-corrected chi connectivity index (χ4v) is 2.33. The van der Waals surface area contributed by atoms with Gasteiger partial charge in [-0.05, 0) is 44.4 Å². The van der Waals surface area contributed by atoms with E-state index in [4.69, 9.17) is 10.5 Å². The summed E-state index contributed by atoms with van der Waals surface area (Å²) in [6, 6.07) is 5.06. The van der Waals surface area contributed by atoms with Gasteiger partial charge in [0.25, 0.3) is 5.91 Å². The number of esters is 1. The molecule has 0 radical (unpaired) electrons. The molecule has 20 heavy (non-hydrogen) atoms. The molecule has 0 saturated carbocycles. The van der Waals surface area contributed by atoms with E-state index >= 15 is 0 Å². The first kappa shape index (κ1) is 14.4. The molecule has 1 aliphatic heterocycles. The Bertz CT molecular complexity index is 522. The van der Waals surface area contributed by atoms with Gasteiger partial charge in [-0.25, -0.2) is 4.79 Å². The molecule has 1 aromatic carbocycles. The van der Waals surface area contributed by atoms with Crippen LogP contribution in [0.1, 0.15) is 35.7 Å². The lowest BCUT2D eigenvalue weighted by molar-refractivity contribution is -0.138. The van der Waals surface area contributed by atoms with Crippen LogP contribution in [0.3, 0.4) is 0 Å². The molecule has 108 valence electrons. The van der Waals surface area contributed by atoms with Crippen LogP contribution in [-0.2, 0) is 9.53 Å². The van der Waals surface area contributed by atoms with Crippen LogP contribution in [0, 0.1) is 6.92 Å². The van der Waals surface area contributed by atoms with Crippen molar-refractivity contribution >= 4 is 17.6 Å². The summed E-state index contributed by atoms with van der Waals surface area (Å²) < 4.78 is 5.26. The van der Waals surface area contributed by atoms with Gasteiger partial charge < -0.3 is 15.4 Å². The lowest BCUT2D eigenvalue weighted by atomic mass is 10.1. The second-order valence-corrected chi connectivity index (χ2v) is 5.15. The van der Waals surface area contributed by atoms with E-state index in [-0.39, 0.29) is 5.91 Å². The molecule has 1 unspecified atom stereocenters. The minimum atomic E-state index is -0.763. The van der Waals surface area contributed by atoms with Gasteiger partial charge in [0.05, 0.1) is 5.56 Å². The summed E-state index contributed by atoms with van der Waals surface area (Å²) in [5, 5.41) is 0. The predicted molar refractivity (Wildman–Crippen MR) is 76.3 cm³/mol. The zero-order valence-corrected chi connectivity index (χ0v) is 11.9. The lowest BCUT2D eigenvalue weighted by Gasteiger charge is -2.20. The molecule has 1 aliphatic rings. The summed E-state index contributed by atoms with van der Waals surface area (Å²) in [7, 11) is 0. The number of hydrogen-bond donors (Lipinski definition) is 1. The van der Waals surface area contributed by atoms with Crippen LogP contribution >= 0.6 is 0 Å². The van der Waals surface area contributed by atoms with E-state index in [9.17, 15) is 9.59 Å². The van der Waals surface area contributed by atoms with Crippen LogP contribution in [0.5, 0.6) is 0 Å². The topological polar surface area (TPSA) is 72.6 Å². The van der Waals surface area contributed by atoms with Gasteiger partial charge in [-0.15, -0.1) is 0 Å². The van der Waals surface area contributed by atoms with E-state index in [2.05, 4.69) is 0 Å². The summed E-state index contributed by atoms with van der Waals surface area (Å²) in [6.45, 7) is 4.92. The van der Waals surface area contributed by atoms with Gasteiger partial charge in [-0.3, -0.25) is 4.79 Å². The average molecular weight is 276 g/mol. The minimum Gasteiger partial charge on any atom is -0.449 e. The first-order valence-corrected chi connectivity index (χ1v) is 6.85. The molecule has 1 fully saturated rings. The molecule has 0 aliphatic carbocycles. The predicted octanol–water partition coefficient (Wildman–Crippen LogP) is 1.74. The number of carbonyl (C=O) groups excluding carboxylic acids is 2. The van der Waals surface area contributed by atoms with Crippen molar-refractivity contribution in [1.82, 2.24) is 4.90 Å². The zero-order chi connectivity index (χ0) is 14.7. The van der Waals surface area contributed by atoms with Crippen molar-refractivity contribution in [3.63, 3.8) is 0 Å². The van der Waals surface area contributed by atoms with Crippen molar-refractivity contribution in [2.75, 3.05) is 18.8 Å².